The van der Waals surface area contributed by atoms with Crippen molar-refractivity contribution < 1.29 is 5.11 Å². The number of benzene rings is 1. The summed E-state index contributed by atoms with van der Waals surface area (Å²) < 4.78 is 0. The highest BCUT2D eigenvalue weighted by Crippen LogP contribution is 2.02. The Morgan fingerprint density at radius 3 is 2.60 bits per heavy atom. The van der Waals surface area contributed by atoms with Gasteiger partial charge >= 0.3 is 0 Å². The zero-order chi connectivity index (χ0) is 11.1. The highest BCUT2D eigenvalue weighted by atomic mass is 16.3. The summed E-state index contributed by atoms with van der Waals surface area (Å²) >= 11 is 0. The molecule has 0 radical (unpaired) electrons. The van der Waals surface area contributed by atoms with Crippen molar-refractivity contribution in [3.63, 3.8) is 0 Å². The fourth-order valence-electron chi connectivity index (χ4n) is 1.62. The van der Waals surface area contributed by atoms with E-state index in [1.54, 1.807) is 0 Å². The number of hydrogen-bond acceptors (Lipinski definition) is 3. The summed E-state index contributed by atoms with van der Waals surface area (Å²) in [7, 11) is 3.87. The van der Waals surface area contributed by atoms with Crippen molar-refractivity contribution in [2.75, 3.05) is 27.2 Å². The van der Waals surface area contributed by atoms with E-state index >= 15 is 0 Å². The van der Waals surface area contributed by atoms with Crippen LogP contribution in [-0.2, 0) is 6.54 Å². The molecule has 1 aromatic carbocycles. The largest absolute Gasteiger partial charge is 0.390 e. The molecule has 0 bridgehead atoms. The predicted octanol–water partition coefficient (Wildman–Crippen LogP) is 0.699. The summed E-state index contributed by atoms with van der Waals surface area (Å²) in [6, 6.07) is 10.3. The van der Waals surface area contributed by atoms with Crippen LogP contribution in [0.4, 0.5) is 0 Å². The van der Waals surface area contributed by atoms with Crippen LogP contribution in [0.1, 0.15) is 5.56 Å². The minimum Gasteiger partial charge on any atom is -0.390 e. The van der Waals surface area contributed by atoms with E-state index in [1.807, 2.05) is 32.3 Å². The maximum absolute atomic E-state index is 9.59. The highest BCUT2D eigenvalue weighted by Gasteiger charge is 2.06. The van der Waals surface area contributed by atoms with Gasteiger partial charge in [-0.1, -0.05) is 30.3 Å². The van der Waals surface area contributed by atoms with Crippen LogP contribution < -0.4 is 5.32 Å². The van der Waals surface area contributed by atoms with E-state index in [2.05, 4.69) is 22.3 Å². The van der Waals surface area contributed by atoms with Crippen LogP contribution in [0.5, 0.6) is 0 Å². The van der Waals surface area contributed by atoms with Crippen LogP contribution in [-0.4, -0.2) is 43.3 Å². The van der Waals surface area contributed by atoms with Gasteiger partial charge in [0, 0.05) is 19.6 Å². The van der Waals surface area contributed by atoms with Crippen molar-refractivity contribution >= 4 is 0 Å². The average molecular weight is 208 g/mol. The summed E-state index contributed by atoms with van der Waals surface area (Å²) in [5.41, 5.74) is 1.27. The zero-order valence-corrected chi connectivity index (χ0v) is 9.48. The Balaban J connectivity index is 2.33. The fraction of sp³-hybridized carbons (Fsp3) is 0.500. The third kappa shape index (κ3) is 4.93. The van der Waals surface area contributed by atoms with Crippen LogP contribution in [0.2, 0.25) is 0 Å². The van der Waals surface area contributed by atoms with E-state index in [1.165, 1.54) is 5.56 Å². The molecule has 3 heteroatoms. The topological polar surface area (TPSA) is 35.5 Å². The van der Waals surface area contributed by atoms with Crippen LogP contribution >= 0.6 is 0 Å². The first-order valence-corrected chi connectivity index (χ1v) is 5.27. The van der Waals surface area contributed by atoms with Gasteiger partial charge in [-0.2, -0.15) is 0 Å². The van der Waals surface area contributed by atoms with Crippen LogP contribution in [0, 0.1) is 0 Å². The number of aliphatic hydroxyl groups is 1. The third-order valence-electron chi connectivity index (χ3n) is 2.26. The van der Waals surface area contributed by atoms with Crippen LogP contribution in [0.3, 0.4) is 0 Å². The molecule has 0 amide bonds. The Hall–Kier alpha value is -0.900. The molecular formula is C12H20N2O. The Kier molecular flexibility index (Phi) is 5.32. The van der Waals surface area contributed by atoms with E-state index in [9.17, 15) is 5.11 Å². The Morgan fingerprint density at radius 1 is 1.33 bits per heavy atom. The lowest BCUT2D eigenvalue weighted by Crippen LogP contribution is -2.35. The van der Waals surface area contributed by atoms with Gasteiger partial charge in [-0.25, -0.2) is 0 Å². The fourth-order valence-corrected chi connectivity index (χ4v) is 1.62. The quantitative estimate of drug-likeness (QED) is 0.722. The molecule has 0 saturated carbocycles. The second-order valence-electron chi connectivity index (χ2n) is 3.89. The first-order chi connectivity index (χ1) is 7.22. The number of rotatable bonds is 6. The van der Waals surface area contributed by atoms with E-state index in [-0.39, 0.29) is 6.10 Å². The summed E-state index contributed by atoms with van der Waals surface area (Å²) in [5.74, 6) is 0. The standard InChI is InChI=1S/C12H20N2O/c1-13-8-12(15)10-14(2)9-11-6-4-3-5-7-11/h3-7,12-13,15H,8-10H2,1-2H3/t12-/m1/s1. The van der Waals surface area contributed by atoms with Gasteiger partial charge in [0.2, 0.25) is 0 Å². The predicted molar refractivity (Wildman–Crippen MR) is 62.7 cm³/mol. The number of aliphatic hydroxyl groups excluding tert-OH is 1. The Morgan fingerprint density at radius 2 is 2.00 bits per heavy atom. The van der Waals surface area contributed by atoms with Crippen molar-refractivity contribution in [1.82, 2.24) is 10.2 Å². The molecule has 2 N–H and O–H groups in total. The molecule has 0 spiro atoms. The van der Waals surface area contributed by atoms with Gasteiger partial charge in [0.1, 0.15) is 0 Å². The molecule has 1 rings (SSSR count). The molecule has 0 aliphatic rings. The van der Waals surface area contributed by atoms with Crippen LogP contribution in [0.15, 0.2) is 30.3 Å². The maximum Gasteiger partial charge on any atom is 0.0791 e. The van der Waals surface area contributed by atoms with Gasteiger partial charge in [-0.15, -0.1) is 0 Å². The van der Waals surface area contributed by atoms with E-state index < -0.39 is 0 Å². The van der Waals surface area contributed by atoms with E-state index in [4.69, 9.17) is 0 Å². The molecule has 0 heterocycles. The molecule has 0 aliphatic carbocycles. The number of nitrogens with one attached hydrogen (secondary N) is 1. The molecule has 3 nitrogen and oxygen atoms in total. The molecule has 84 valence electrons. The van der Waals surface area contributed by atoms with Crippen molar-refractivity contribution in [3.05, 3.63) is 35.9 Å². The second-order valence-corrected chi connectivity index (χ2v) is 3.89. The van der Waals surface area contributed by atoms with Crippen molar-refractivity contribution in [1.29, 1.82) is 0 Å². The van der Waals surface area contributed by atoms with Crippen LogP contribution in [0.25, 0.3) is 0 Å². The lowest BCUT2D eigenvalue weighted by Gasteiger charge is -2.20. The van der Waals surface area contributed by atoms with Crippen molar-refractivity contribution in [3.8, 4) is 0 Å². The summed E-state index contributed by atoms with van der Waals surface area (Å²) in [5, 5.41) is 12.6. The Bertz CT molecular complexity index is 264. The summed E-state index contributed by atoms with van der Waals surface area (Å²) in [4.78, 5) is 2.12. The molecule has 0 aromatic heterocycles. The minimum absolute atomic E-state index is 0.302. The maximum atomic E-state index is 9.59. The van der Waals surface area contributed by atoms with E-state index in [0.29, 0.717) is 13.1 Å². The first-order valence-electron chi connectivity index (χ1n) is 5.27. The lowest BCUT2D eigenvalue weighted by atomic mass is 10.2. The third-order valence-corrected chi connectivity index (χ3v) is 2.26. The molecule has 1 atom stereocenters. The normalized spacial score (nSPS) is 13.1. The number of nitrogens with zero attached hydrogens (tertiary/aromatic N) is 1. The molecule has 0 saturated heterocycles. The first kappa shape index (κ1) is 12.2. The highest BCUT2D eigenvalue weighted by molar-refractivity contribution is 5.14. The zero-order valence-electron chi connectivity index (χ0n) is 9.48. The molecule has 0 unspecified atom stereocenters. The van der Waals surface area contributed by atoms with Crippen molar-refractivity contribution in [2.45, 2.75) is 12.6 Å². The lowest BCUT2D eigenvalue weighted by molar-refractivity contribution is 0.123. The average Bonchev–Trinajstić information content (AvgIpc) is 2.19. The summed E-state index contributed by atoms with van der Waals surface area (Å²) in [6.07, 6.45) is -0.302. The summed E-state index contributed by atoms with van der Waals surface area (Å²) in [6.45, 7) is 2.20. The van der Waals surface area contributed by atoms with Gasteiger partial charge in [-0.05, 0) is 19.7 Å². The Labute approximate surface area is 91.7 Å². The smallest absolute Gasteiger partial charge is 0.0791 e. The molecule has 0 fully saturated rings. The number of likely N-dealkylation sites (N-methyl/N-ethyl adjacent to an activating group) is 2. The van der Waals surface area contributed by atoms with Gasteiger partial charge in [0.15, 0.2) is 0 Å². The SMILES string of the molecule is CNC[C@@H](O)CN(C)Cc1ccccc1. The van der Waals surface area contributed by atoms with E-state index in [0.717, 1.165) is 6.54 Å². The number of hydrogen-bond donors (Lipinski definition) is 2. The molecule has 15 heavy (non-hydrogen) atoms. The molecule has 1 aromatic rings. The molecule has 0 aliphatic heterocycles. The second kappa shape index (κ2) is 6.56. The van der Waals surface area contributed by atoms with Gasteiger partial charge in [-0.3, -0.25) is 4.90 Å². The molecular weight excluding hydrogens is 188 g/mol. The minimum atomic E-state index is -0.302. The van der Waals surface area contributed by atoms with Gasteiger partial charge < -0.3 is 10.4 Å². The van der Waals surface area contributed by atoms with Gasteiger partial charge in [0.05, 0.1) is 6.10 Å². The van der Waals surface area contributed by atoms with Crippen molar-refractivity contribution in [2.24, 2.45) is 0 Å². The van der Waals surface area contributed by atoms with Gasteiger partial charge in [0.25, 0.3) is 0 Å². The monoisotopic (exact) mass is 208 g/mol.